The van der Waals surface area contributed by atoms with Crippen LogP contribution in [-0.2, 0) is 6.42 Å². The van der Waals surface area contributed by atoms with Gasteiger partial charge in [0, 0.05) is 41.8 Å². The lowest BCUT2D eigenvalue weighted by molar-refractivity contribution is 0.296. The zero-order valence-electron chi connectivity index (χ0n) is 11.1. The molecule has 4 heteroatoms. The second-order valence-electron chi connectivity index (χ2n) is 5.20. The third kappa shape index (κ3) is 3.11. The Balaban J connectivity index is 1.69. The first kappa shape index (κ1) is 13.0. The van der Waals surface area contributed by atoms with Gasteiger partial charge in [-0.2, -0.15) is 0 Å². The maximum absolute atomic E-state index is 6.09. The van der Waals surface area contributed by atoms with Gasteiger partial charge in [0.2, 0.25) is 0 Å². The van der Waals surface area contributed by atoms with Crippen LogP contribution < -0.4 is 5.32 Å². The molecule has 0 spiro atoms. The van der Waals surface area contributed by atoms with Crippen molar-refractivity contribution in [3.8, 4) is 0 Å². The van der Waals surface area contributed by atoms with Crippen LogP contribution >= 0.6 is 11.6 Å². The van der Waals surface area contributed by atoms with Gasteiger partial charge in [-0.25, -0.2) is 0 Å². The van der Waals surface area contributed by atoms with E-state index in [0.29, 0.717) is 0 Å². The Morgan fingerprint density at radius 3 is 3.11 bits per heavy atom. The van der Waals surface area contributed by atoms with Crippen LogP contribution in [0.15, 0.2) is 24.4 Å². The first-order chi connectivity index (χ1) is 9.33. The Morgan fingerprint density at radius 2 is 2.16 bits per heavy atom. The van der Waals surface area contributed by atoms with Gasteiger partial charge in [0.1, 0.15) is 0 Å². The monoisotopic (exact) mass is 277 g/mol. The average Bonchev–Trinajstić information content (AvgIpc) is 2.63. The van der Waals surface area contributed by atoms with Crippen LogP contribution in [-0.4, -0.2) is 42.6 Å². The predicted molar refractivity (Wildman–Crippen MR) is 80.9 cm³/mol. The summed E-state index contributed by atoms with van der Waals surface area (Å²) in [4.78, 5) is 5.87. The van der Waals surface area contributed by atoms with Gasteiger partial charge >= 0.3 is 0 Å². The van der Waals surface area contributed by atoms with E-state index in [0.717, 1.165) is 37.6 Å². The Kier molecular flexibility index (Phi) is 4.06. The van der Waals surface area contributed by atoms with Crippen LogP contribution in [0.5, 0.6) is 0 Å². The van der Waals surface area contributed by atoms with Gasteiger partial charge in [0.15, 0.2) is 0 Å². The molecule has 0 atom stereocenters. The number of H-pyrrole nitrogens is 1. The van der Waals surface area contributed by atoms with Gasteiger partial charge in [-0.3, -0.25) is 0 Å². The molecule has 1 aromatic carbocycles. The van der Waals surface area contributed by atoms with Crippen molar-refractivity contribution in [1.29, 1.82) is 0 Å². The van der Waals surface area contributed by atoms with E-state index in [4.69, 9.17) is 11.6 Å². The van der Waals surface area contributed by atoms with Gasteiger partial charge in [0.05, 0.1) is 0 Å². The summed E-state index contributed by atoms with van der Waals surface area (Å²) in [5, 5.41) is 5.52. The molecule has 2 heterocycles. The molecule has 1 aliphatic heterocycles. The van der Waals surface area contributed by atoms with Crippen LogP contribution in [0.4, 0.5) is 0 Å². The second-order valence-corrected chi connectivity index (χ2v) is 5.64. The molecule has 19 heavy (non-hydrogen) atoms. The van der Waals surface area contributed by atoms with Crippen LogP contribution in [0, 0.1) is 0 Å². The smallest absolute Gasteiger partial charge is 0.0457 e. The SMILES string of the molecule is Clc1ccc2[nH]cc(CCN3CCCNCC3)c2c1. The van der Waals surface area contributed by atoms with E-state index >= 15 is 0 Å². The predicted octanol–water partition coefficient (Wildman–Crippen LogP) is 2.66. The van der Waals surface area contributed by atoms with E-state index in [2.05, 4.69) is 33.5 Å². The summed E-state index contributed by atoms with van der Waals surface area (Å²) in [5.41, 5.74) is 2.55. The number of halogens is 1. The summed E-state index contributed by atoms with van der Waals surface area (Å²) in [7, 11) is 0. The fraction of sp³-hybridized carbons (Fsp3) is 0.467. The molecule has 0 bridgehead atoms. The van der Waals surface area contributed by atoms with Gasteiger partial charge in [-0.15, -0.1) is 0 Å². The van der Waals surface area contributed by atoms with Crippen molar-refractivity contribution in [1.82, 2.24) is 15.2 Å². The first-order valence-corrected chi connectivity index (χ1v) is 7.39. The zero-order valence-corrected chi connectivity index (χ0v) is 11.8. The lowest BCUT2D eigenvalue weighted by Gasteiger charge is -2.18. The molecule has 0 unspecified atom stereocenters. The number of aromatic nitrogens is 1. The molecule has 102 valence electrons. The normalized spacial score (nSPS) is 17.7. The maximum atomic E-state index is 6.09. The highest BCUT2D eigenvalue weighted by Gasteiger charge is 2.10. The number of fused-ring (bicyclic) bond motifs is 1. The first-order valence-electron chi connectivity index (χ1n) is 7.01. The van der Waals surface area contributed by atoms with E-state index in [9.17, 15) is 0 Å². The van der Waals surface area contributed by atoms with Crippen LogP contribution in [0.2, 0.25) is 5.02 Å². The van der Waals surface area contributed by atoms with E-state index in [1.54, 1.807) is 0 Å². The molecule has 0 saturated carbocycles. The van der Waals surface area contributed by atoms with Gasteiger partial charge in [0.25, 0.3) is 0 Å². The fourth-order valence-electron chi connectivity index (χ4n) is 2.76. The highest BCUT2D eigenvalue weighted by molar-refractivity contribution is 6.31. The van der Waals surface area contributed by atoms with Crippen molar-refractivity contribution in [3.05, 3.63) is 35.0 Å². The Hall–Kier alpha value is -1.03. The molecule has 1 aromatic heterocycles. The number of benzene rings is 1. The van der Waals surface area contributed by atoms with E-state index < -0.39 is 0 Å². The molecule has 1 fully saturated rings. The molecule has 2 aromatic rings. The van der Waals surface area contributed by atoms with Crippen molar-refractivity contribution in [2.75, 3.05) is 32.7 Å². The van der Waals surface area contributed by atoms with Crippen molar-refractivity contribution < 1.29 is 0 Å². The van der Waals surface area contributed by atoms with Gasteiger partial charge in [-0.1, -0.05) is 11.6 Å². The standard InChI is InChI=1S/C15H20ClN3/c16-13-2-3-15-14(10-13)12(11-18-15)4-8-19-7-1-5-17-6-9-19/h2-3,10-11,17-18H,1,4-9H2. The molecule has 1 aliphatic rings. The highest BCUT2D eigenvalue weighted by atomic mass is 35.5. The summed E-state index contributed by atoms with van der Waals surface area (Å²) >= 11 is 6.09. The van der Waals surface area contributed by atoms with Crippen molar-refractivity contribution in [2.45, 2.75) is 12.8 Å². The third-order valence-electron chi connectivity index (χ3n) is 3.86. The minimum Gasteiger partial charge on any atom is -0.361 e. The van der Waals surface area contributed by atoms with Crippen molar-refractivity contribution in [3.63, 3.8) is 0 Å². The largest absolute Gasteiger partial charge is 0.361 e. The molecule has 0 amide bonds. The quantitative estimate of drug-likeness (QED) is 0.904. The lowest BCUT2D eigenvalue weighted by atomic mass is 10.1. The molecule has 0 radical (unpaired) electrons. The number of nitrogens with one attached hydrogen (secondary N) is 2. The third-order valence-corrected chi connectivity index (χ3v) is 4.09. The van der Waals surface area contributed by atoms with E-state index in [1.807, 2.05) is 6.07 Å². The summed E-state index contributed by atoms with van der Waals surface area (Å²) in [6, 6.07) is 6.05. The Labute approximate surface area is 118 Å². The minimum absolute atomic E-state index is 0.812. The summed E-state index contributed by atoms with van der Waals surface area (Å²) in [5.74, 6) is 0. The number of rotatable bonds is 3. The van der Waals surface area contributed by atoms with Crippen molar-refractivity contribution in [2.24, 2.45) is 0 Å². The number of aromatic amines is 1. The van der Waals surface area contributed by atoms with Gasteiger partial charge in [-0.05, 0) is 49.7 Å². The van der Waals surface area contributed by atoms with E-state index in [1.165, 1.54) is 29.4 Å². The summed E-state index contributed by atoms with van der Waals surface area (Å²) < 4.78 is 0. The number of hydrogen-bond donors (Lipinski definition) is 2. The molecule has 3 nitrogen and oxygen atoms in total. The Morgan fingerprint density at radius 1 is 1.21 bits per heavy atom. The molecule has 0 aliphatic carbocycles. The average molecular weight is 278 g/mol. The molecule has 3 rings (SSSR count). The van der Waals surface area contributed by atoms with Crippen LogP contribution in [0.3, 0.4) is 0 Å². The van der Waals surface area contributed by atoms with Crippen LogP contribution in [0.25, 0.3) is 10.9 Å². The molecule has 2 N–H and O–H groups in total. The maximum Gasteiger partial charge on any atom is 0.0457 e. The van der Waals surface area contributed by atoms with Crippen molar-refractivity contribution >= 4 is 22.5 Å². The van der Waals surface area contributed by atoms with Gasteiger partial charge < -0.3 is 15.2 Å². The topological polar surface area (TPSA) is 31.1 Å². The Bertz CT molecular complexity index is 541. The van der Waals surface area contributed by atoms with E-state index in [-0.39, 0.29) is 0 Å². The fourth-order valence-corrected chi connectivity index (χ4v) is 2.93. The summed E-state index contributed by atoms with van der Waals surface area (Å²) in [6.07, 6.45) is 4.46. The zero-order chi connectivity index (χ0) is 13.1. The number of hydrogen-bond acceptors (Lipinski definition) is 2. The lowest BCUT2D eigenvalue weighted by Crippen LogP contribution is -2.30. The van der Waals surface area contributed by atoms with Crippen LogP contribution in [0.1, 0.15) is 12.0 Å². The second kappa shape index (κ2) is 5.95. The summed E-state index contributed by atoms with van der Waals surface area (Å²) in [6.45, 7) is 5.75. The molecular formula is C15H20ClN3. The highest BCUT2D eigenvalue weighted by Crippen LogP contribution is 2.22. The number of nitrogens with zero attached hydrogens (tertiary/aromatic N) is 1. The molecule has 1 saturated heterocycles. The molecular weight excluding hydrogens is 258 g/mol. The minimum atomic E-state index is 0.812.